The molecular weight excluding hydrogens is 290 g/mol. The van der Waals surface area contributed by atoms with E-state index in [1.807, 2.05) is 6.07 Å². The molecule has 1 unspecified atom stereocenters. The number of carbonyl (C=O) groups is 2. The minimum Gasteiger partial charge on any atom is -0.353 e. The van der Waals surface area contributed by atoms with Crippen molar-refractivity contribution in [1.29, 1.82) is 5.26 Å². The molecule has 2 aliphatic carbocycles. The van der Waals surface area contributed by atoms with Gasteiger partial charge in [0.05, 0.1) is 6.07 Å². The van der Waals surface area contributed by atoms with Crippen molar-refractivity contribution in [2.45, 2.75) is 76.7 Å². The van der Waals surface area contributed by atoms with Crippen LogP contribution in [0.3, 0.4) is 0 Å². The Hall–Kier alpha value is -1.57. The average molecular weight is 319 g/mol. The number of amides is 2. The summed E-state index contributed by atoms with van der Waals surface area (Å²) in [6, 6.07) is 2.13. The van der Waals surface area contributed by atoms with Crippen molar-refractivity contribution in [2.24, 2.45) is 11.8 Å². The molecule has 2 amide bonds. The Morgan fingerprint density at radius 3 is 2.17 bits per heavy atom. The molecule has 0 saturated heterocycles. The van der Waals surface area contributed by atoms with Crippen molar-refractivity contribution in [1.82, 2.24) is 10.6 Å². The van der Waals surface area contributed by atoms with Crippen LogP contribution < -0.4 is 10.6 Å². The molecule has 1 atom stereocenters. The first-order chi connectivity index (χ1) is 11.2. The highest BCUT2D eigenvalue weighted by Gasteiger charge is 2.31. The standard InChI is InChI=1S/C18H29N3O2/c19-11-12-20-17(22)16(13-14-7-3-1-4-8-14)18(23)21-15-9-5-2-6-10-15/h14-16H,1-10,12-13H2,(H,20,22)(H,21,23). The molecule has 5 nitrogen and oxygen atoms in total. The second kappa shape index (κ2) is 9.54. The maximum absolute atomic E-state index is 12.6. The Morgan fingerprint density at radius 2 is 1.57 bits per heavy atom. The summed E-state index contributed by atoms with van der Waals surface area (Å²) >= 11 is 0. The quantitative estimate of drug-likeness (QED) is 0.583. The molecule has 0 bridgehead atoms. The number of rotatable bonds is 6. The van der Waals surface area contributed by atoms with Gasteiger partial charge in [-0.25, -0.2) is 0 Å². The van der Waals surface area contributed by atoms with Gasteiger partial charge in [-0.1, -0.05) is 51.4 Å². The molecule has 2 saturated carbocycles. The molecule has 0 aromatic carbocycles. The third-order valence-corrected chi connectivity index (χ3v) is 5.22. The van der Waals surface area contributed by atoms with Crippen molar-refractivity contribution < 1.29 is 9.59 Å². The molecule has 0 spiro atoms. The molecule has 5 heteroatoms. The first kappa shape index (κ1) is 17.8. The molecule has 23 heavy (non-hydrogen) atoms. The second-order valence-corrected chi connectivity index (χ2v) is 7.01. The zero-order valence-electron chi connectivity index (χ0n) is 14.0. The van der Waals surface area contributed by atoms with Gasteiger partial charge in [0.25, 0.3) is 0 Å². The monoisotopic (exact) mass is 319 g/mol. The third-order valence-electron chi connectivity index (χ3n) is 5.22. The predicted octanol–water partition coefficient (Wildman–Crippen LogP) is 2.66. The molecule has 0 aromatic heterocycles. The molecule has 0 heterocycles. The average Bonchev–Trinajstić information content (AvgIpc) is 2.59. The summed E-state index contributed by atoms with van der Waals surface area (Å²) in [6.07, 6.45) is 12.1. The van der Waals surface area contributed by atoms with Gasteiger partial charge in [0.15, 0.2) is 0 Å². The minimum absolute atomic E-state index is 0.0310. The second-order valence-electron chi connectivity index (χ2n) is 7.01. The van der Waals surface area contributed by atoms with Crippen molar-refractivity contribution in [3.63, 3.8) is 0 Å². The lowest BCUT2D eigenvalue weighted by atomic mass is 9.82. The van der Waals surface area contributed by atoms with E-state index in [-0.39, 0.29) is 24.4 Å². The maximum Gasteiger partial charge on any atom is 0.233 e. The molecular formula is C18H29N3O2. The van der Waals surface area contributed by atoms with Crippen LogP contribution in [-0.4, -0.2) is 24.4 Å². The summed E-state index contributed by atoms with van der Waals surface area (Å²) in [6.45, 7) is -0.0310. The molecule has 128 valence electrons. The van der Waals surface area contributed by atoms with E-state index in [1.165, 1.54) is 25.7 Å². The Morgan fingerprint density at radius 1 is 0.957 bits per heavy atom. The van der Waals surface area contributed by atoms with Crippen LogP contribution >= 0.6 is 0 Å². The highest BCUT2D eigenvalue weighted by atomic mass is 16.2. The largest absolute Gasteiger partial charge is 0.353 e. The summed E-state index contributed by atoms with van der Waals surface area (Å²) in [5, 5.41) is 14.3. The van der Waals surface area contributed by atoms with Gasteiger partial charge in [-0.15, -0.1) is 0 Å². The zero-order chi connectivity index (χ0) is 16.5. The predicted molar refractivity (Wildman–Crippen MR) is 88.3 cm³/mol. The van der Waals surface area contributed by atoms with Gasteiger partial charge in [-0.05, 0) is 25.2 Å². The smallest absolute Gasteiger partial charge is 0.233 e. The van der Waals surface area contributed by atoms with Crippen LogP contribution in [0.25, 0.3) is 0 Å². The number of nitriles is 1. The van der Waals surface area contributed by atoms with E-state index in [0.29, 0.717) is 12.3 Å². The van der Waals surface area contributed by atoms with Crippen LogP contribution in [0.4, 0.5) is 0 Å². The normalized spacial score (nSPS) is 21.2. The third kappa shape index (κ3) is 5.85. The lowest BCUT2D eigenvalue weighted by Gasteiger charge is -2.28. The van der Waals surface area contributed by atoms with Gasteiger partial charge in [-0.2, -0.15) is 5.26 Å². The lowest BCUT2D eigenvalue weighted by Crippen LogP contribution is -2.46. The molecule has 0 radical (unpaired) electrons. The van der Waals surface area contributed by atoms with Crippen LogP contribution in [0.15, 0.2) is 0 Å². The summed E-state index contributed by atoms with van der Waals surface area (Å²) in [5.41, 5.74) is 0. The van der Waals surface area contributed by atoms with Crippen molar-refractivity contribution in [2.75, 3.05) is 6.54 Å². The highest BCUT2D eigenvalue weighted by molar-refractivity contribution is 6.00. The first-order valence-electron chi connectivity index (χ1n) is 9.15. The fraction of sp³-hybridized carbons (Fsp3) is 0.833. The molecule has 0 aromatic rings. The molecule has 0 aliphatic heterocycles. The van der Waals surface area contributed by atoms with Crippen molar-refractivity contribution >= 4 is 11.8 Å². The Bertz CT molecular complexity index is 432. The Balaban J connectivity index is 1.94. The fourth-order valence-electron chi connectivity index (χ4n) is 3.89. The molecule has 2 aliphatic rings. The fourth-order valence-corrected chi connectivity index (χ4v) is 3.89. The van der Waals surface area contributed by atoms with Crippen molar-refractivity contribution in [3.8, 4) is 6.07 Å². The summed E-state index contributed by atoms with van der Waals surface area (Å²) < 4.78 is 0. The number of nitrogens with zero attached hydrogens (tertiary/aromatic N) is 1. The summed E-state index contributed by atoms with van der Waals surface area (Å²) in [4.78, 5) is 25.0. The molecule has 2 fully saturated rings. The lowest BCUT2D eigenvalue weighted by molar-refractivity contribution is -0.136. The number of carbonyl (C=O) groups excluding carboxylic acids is 2. The van der Waals surface area contributed by atoms with E-state index in [1.54, 1.807) is 0 Å². The number of hydrogen-bond donors (Lipinski definition) is 2. The molecule has 2 N–H and O–H groups in total. The van der Waals surface area contributed by atoms with Crippen LogP contribution in [0.5, 0.6) is 0 Å². The first-order valence-corrected chi connectivity index (χ1v) is 9.15. The van der Waals surface area contributed by atoms with Crippen LogP contribution in [0.2, 0.25) is 0 Å². The SMILES string of the molecule is N#CCNC(=O)C(CC1CCCCC1)C(=O)NC1CCCCC1. The van der Waals surface area contributed by atoms with Crippen LogP contribution in [0, 0.1) is 23.2 Å². The topological polar surface area (TPSA) is 82.0 Å². The summed E-state index contributed by atoms with van der Waals surface area (Å²) in [7, 11) is 0. The maximum atomic E-state index is 12.6. The number of hydrogen-bond acceptors (Lipinski definition) is 3. The zero-order valence-corrected chi connectivity index (χ0v) is 14.0. The van der Waals surface area contributed by atoms with Gasteiger partial charge in [0.2, 0.25) is 11.8 Å². The minimum atomic E-state index is -0.645. The van der Waals surface area contributed by atoms with E-state index in [4.69, 9.17) is 5.26 Å². The van der Waals surface area contributed by atoms with E-state index in [9.17, 15) is 9.59 Å². The molecule has 2 rings (SSSR count). The Kier molecular flexibility index (Phi) is 7.38. The van der Waals surface area contributed by atoms with E-state index < -0.39 is 5.92 Å². The van der Waals surface area contributed by atoms with E-state index in [2.05, 4.69) is 10.6 Å². The van der Waals surface area contributed by atoms with Gasteiger partial charge < -0.3 is 10.6 Å². The summed E-state index contributed by atoms with van der Waals surface area (Å²) in [5.74, 6) is -0.615. The van der Waals surface area contributed by atoms with Gasteiger partial charge in [-0.3, -0.25) is 9.59 Å². The van der Waals surface area contributed by atoms with E-state index in [0.717, 1.165) is 38.5 Å². The van der Waals surface area contributed by atoms with E-state index >= 15 is 0 Å². The number of nitrogens with one attached hydrogen (secondary N) is 2. The highest BCUT2D eigenvalue weighted by Crippen LogP contribution is 2.29. The van der Waals surface area contributed by atoms with Crippen LogP contribution in [0.1, 0.15) is 70.6 Å². The Labute approximate surface area is 139 Å². The van der Waals surface area contributed by atoms with Crippen LogP contribution in [-0.2, 0) is 9.59 Å². The van der Waals surface area contributed by atoms with Gasteiger partial charge in [0.1, 0.15) is 12.5 Å². The van der Waals surface area contributed by atoms with Gasteiger partial charge in [0, 0.05) is 6.04 Å². The van der Waals surface area contributed by atoms with Crippen molar-refractivity contribution in [3.05, 3.63) is 0 Å². The van der Waals surface area contributed by atoms with Gasteiger partial charge >= 0.3 is 0 Å².